The summed E-state index contributed by atoms with van der Waals surface area (Å²) in [5.74, 6) is 0.336. The van der Waals surface area contributed by atoms with E-state index in [1.165, 1.54) is 23.5 Å². The van der Waals surface area contributed by atoms with Crippen LogP contribution in [0.25, 0.3) is 10.1 Å². The van der Waals surface area contributed by atoms with Gasteiger partial charge in [0.15, 0.2) is 11.5 Å². The molecule has 0 spiro atoms. The van der Waals surface area contributed by atoms with Crippen LogP contribution in [0.3, 0.4) is 0 Å². The normalized spacial score (nSPS) is 10.8. The lowest BCUT2D eigenvalue weighted by Gasteiger charge is -2.05. The molecule has 3 rings (SSSR count). The highest BCUT2D eigenvalue weighted by Gasteiger charge is 2.05. The van der Waals surface area contributed by atoms with E-state index < -0.39 is 0 Å². The van der Waals surface area contributed by atoms with Crippen LogP contribution < -0.4 is 4.74 Å². The van der Waals surface area contributed by atoms with Crippen molar-refractivity contribution in [1.29, 1.82) is 0 Å². The zero-order chi connectivity index (χ0) is 13.2. The van der Waals surface area contributed by atoms with Crippen LogP contribution >= 0.6 is 11.3 Å². The van der Waals surface area contributed by atoms with Crippen molar-refractivity contribution >= 4 is 21.4 Å². The first-order chi connectivity index (χ1) is 9.22. The summed E-state index contributed by atoms with van der Waals surface area (Å²) in [5.41, 5.74) is 0. The summed E-state index contributed by atoms with van der Waals surface area (Å²) in [4.78, 5) is 0.990. The van der Waals surface area contributed by atoms with Gasteiger partial charge in [0.1, 0.15) is 12.4 Å². The number of hydrogen-bond acceptors (Lipinski definition) is 3. The Morgan fingerprint density at radius 1 is 1.11 bits per heavy atom. The topological polar surface area (TPSA) is 29.5 Å². The number of halogens is 1. The van der Waals surface area contributed by atoms with Crippen LogP contribution in [0.1, 0.15) is 4.88 Å². The lowest BCUT2D eigenvalue weighted by atomic mass is 10.2. The number of rotatable bonds is 3. The van der Waals surface area contributed by atoms with Gasteiger partial charge in [-0.2, -0.15) is 0 Å². The second kappa shape index (κ2) is 4.90. The molecule has 0 radical (unpaired) electrons. The summed E-state index contributed by atoms with van der Waals surface area (Å²) in [6, 6.07) is 13.5. The molecule has 1 N–H and O–H groups in total. The van der Waals surface area contributed by atoms with Crippen LogP contribution in [0.2, 0.25) is 0 Å². The largest absolute Gasteiger partial charge is 0.504 e. The van der Waals surface area contributed by atoms with Gasteiger partial charge in [-0.3, -0.25) is 0 Å². The lowest BCUT2D eigenvalue weighted by molar-refractivity contribution is 0.292. The van der Waals surface area contributed by atoms with Crippen LogP contribution in [0, 0.1) is 5.82 Å². The summed E-state index contributed by atoms with van der Waals surface area (Å²) >= 11 is 1.49. The first-order valence-corrected chi connectivity index (χ1v) is 6.63. The number of thiophene rings is 1. The van der Waals surface area contributed by atoms with E-state index in [9.17, 15) is 9.50 Å². The standard InChI is InChI=1S/C15H11FO2S/c16-11-6-5-10-7-12(19-15(10)8-11)9-18-14-4-2-1-3-13(14)17/h1-8,17H,9H2. The van der Waals surface area contributed by atoms with Crippen molar-refractivity contribution < 1.29 is 14.2 Å². The third-order valence-corrected chi connectivity index (χ3v) is 3.84. The summed E-state index contributed by atoms with van der Waals surface area (Å²) in [6.45, 7) is 0.360. The fourth-order valence-corrected chi connectivity index (χ4v) is 2.86. The third kappa shape index (κ3) is 2.53. The van der Waals surface area contributed by atoms with Crippen molar-refractivity contribution in [2.24, 2.45) is 0 Å². The fourth-order valence-electron chi connectivity index (χ4n) is 1.86. The summed E-state index contributed by atoms with van der Waals surface area (Å²) in [6.07, 6.45) is 0. The molecule has 0 aliphatic carbocycles. The maximum atomic E-state index is 13.1. The zero-order valence-corrected chi connectivity index (χ0v) is 10.8. The summed E-state index contributed by atoms with van der Waals surface area (Å²) in [7, 11) is 0. The molecule has 0 fully saturated rings. The highest BCUT2D eigenvalue weighted by atomic mass is 32.1. The predicted molar refractivity (Wildman–Crippen MR) is 74.2 cm³/mol. The molecule has 3 aromatic rings. The molecule has 2 nitrogen and oxygen atoms in total. The van der Waals surface area contributed by atoms with Crippen molar-refractivity contribution in [3.8, 4) is 11.5 Å². The van der Waals surface area contributed by atoms with E-state index in [-0.39, 0.29) is 11.6 Å². The SMILES string of the molecule is Oc1ccccc1OCc1cc2ccc(F)cc2s1. The molecule has 96 valence electrons. The second-order valence-corrected chi connectivity index (χ2v) is 5.32. The van der Waals surface area contributed by atoms with Gasteiger partial charge in [-0.15, -0.1) is 11.3 Å². The number of benzene rings is 2. The molecule has 0 aliphatic rings. The van der Waals surface area contributed by atoms with Crippen molar-refractivity contribution in [1.82, 2.24) is 0 Å². The maximum Gasteiger partial charge on any atom is 0.161 e. The minimum absolute atomic E-state index is 0.120. The van der Waals surface area contributed by atoms with E-state index in [4.69, 9.17) is 4.74 Å². The van der Waals surface area contributed by atoms with Crippen molar-refractivity contribution in [3.05, 3.63) is 59.2 Å². The minimum Gasteiger partial charge on any atom is -0.504 e. The van der Waals surface area contributed by atoms with Crippen molar-refractivity contribution in [2.45, 2.75) is 6.61 Å². The van der Waals surface area contributed by atoms with Crippen LogP contribution in [0.4, 0.5) is 4.39 Å². The van der Waals surface area contributed by atoms with E-state index in [1.807, 2.05) is 6.07 Å². The minimum atomic E-state index is -0.234. The summed E-state index contributed by atoms with van der Waals surface area (Å²) < 4.78 is 19.5. The smallest absolute Gasteiger partial charge is 0.161 e. The highest BCUT2D eigenvalue weighted by molar-refractivity contribution is 7.19. The number of phenols is 1. The molecule has 0 unspecified atom stereocenters. The molecular weight excluding hydrogens is 263 g/mol. The molecule has 0 aliphatic heterocycles. The second-order valence-electron chi connectivity index (χ2n) is 4.15. The average molecular weight is 274 g/mol. The molecule has 2 aromatic carbocycles. The Balaban J connectivity index is 1.80. The van der Waals surface area contributed by atoms with Gasteiger partial charge >= 0.3 is 0 Å². The van der Waals surface area contributed by atoms with E-state index in [0.29, 0.717) is 12.4 Å². The Labute approximate surface area is 113 Å². The molecule has 0 atom stereocenters. The molecule has 1 aromatic heterocycles. The molecule has 19 heavy (non-hydrogen) atoms. The van der Waals surface area contributed by atoms with E-state index in [0.717, 1.165) is 15.0 Å². The monoisotopic (exact) mass is 274 g/mol. The predicted octanol–water partition coefficient (Wildman–Crippen LogP) is 4.33. The first kappa shape index (κ1) is 12.0. The third-order valence-electron chi connectivity index (χ3n) is 2.77. The Morgan fingerprint density at radius 3 is 2.79 bits per heavy atom. The van der Waals surface area contributed by atoms with E-state index in [1.54, 1.807) is 30.3 Å². The average Bonchev–Trinajstić information content (AvgIpc) is 2.79. The Kier molecular flexibility index (Phi) is 3.09. The van der Waals surface area contributed by atoms with Gasteiger partial charge in [0, 0.05) is 9.58 Å². The van der Waals surface area contributed by atoms with Crippen LogP contribution in [0.5, 0.6) is 11.5 Å². The van der Waals surface area contributed by atoms with Crippen LogP contribution in [0.15, 0.2) is 48.5 Å². The fraction of sp³-hybridized carbons (Fsp3) is 0.0667. The van der Waals surface area contributed by atoms with Crippen molar-refractivity contribution in [2.75, 3.05) is 0 Å². The molecule has 0 amide bonds. The van der Waals surface area contributed by atoms with Gasteiger partial charge in [0.25, 0.3) is 0 Å². The molecule has 0 saturated carbocycles. The number of fused-ring (bicyclic) bond motifs is 1. The number of hydrogen-bond donors (Lipinski definition) is 1. The lowest BCUT2D eigenvalue weighted by Crippen LogP contribution is -1.92. The van der Waals surface area contributed by atoms with E-state index >= 15 is 0 Å². The quantitative estimate of drug-likeness (QED) is 0.770. The van der Waals surface area contributed by atoms with Gasteiger partial charge in [0.05, 0.1) is 0 Å². The Morgan fingerprint density at radius 2 is 1.95 bits per heavy atom. The Hall–Kier alpha value is -2.07. The van der Waals surface area contributed by atoms with Crippen LogP contribution in [-0.2, 0) is 6.61 Å². The van der Waals surface area contributed by atoms with Gasteiger partial charge in [-0.25, -0.2) is 4.39 Å². The maximum absolute atomic E-state index is 13.1. The van der Waals surface area contributed by atoms with Gasteiger partial charge in [-0.05, 0) is 35.7 Å². The van der Waals surface area contributed by atoms with Crippen LogP contribution in [-0.4, -0.2) is 5.11 Å². The molecule has 0 saturated heterocycles. The molecule has 1 heterocycles. The number of aromatic hydroxyl groups is 1. The number of para-hydroxylation sites is 2. The molecule has 0 bridgehead atoms. The van der Waals surface area contributed by atoms with Crippen molar-refractivity contribution in [3.63, 3.8) is 0 Å². The van der Waals surface area contributed by atoms with Gasteiger partial charge in [0.2, 0.25) is 0 Å². The number of phenolic OH excluding ortho intramolecular Hbond substituents is 1. The number of ether oxygens (including phenoxy) is 1. The zero-order valence-electron chi connectivity index (χ0n) is 9.97. The highest BCUT2D eigenvalue weighted by Crippen LogP contribution is 2.29. The van der Waals surface area contributed by atoms with Gasteiger partial charge < -0.3 is 9.84 Å². The Bertz CT molecular complexity index is 721. The first-order valence-electron chi connectivity index (χ1n) is 5.81. The molecular formula is C15H11FO2S. The van der Waals surface area contributed by atoms with E-state index in [2.05, 4.69) is 0 Å². The molecule has 4 heteroatoms. The summed E-state index contributed by atoms with van der Waals surface area (Å²) in [5, 5.41) is 10.6. The van der Waals surface area contributed by atoms with Gasteiger partial charge in [-0.1, -0.05) is 18.2 Å².